The summed E-state index contributed by atoms with van der Waals surface area (Å²) in [4.78, 5) is 20.3. The number of anilines is 1. The number of amides is 1. The SMILES string of the molecule is CCOc1ccc(C(=O)NCc2ccnc(C)n2)cc1N. The average molecular weight is 286 g/mol. The second kappa shape index (κ2) is 6.69. The van der Waals surface area contributed by atoms with Gasteiger partial charge in [-0.1, -0.05) is 0 Å². The Hall–Kier alpha value is -2.63. The summed E-state index contributed by atoms with van der Waals surface area (Å²) in [6, 6.07) is 6.75. The second-order valence-electron chi connectivity index (χ2n) is 4.46. The monoisotopic (exact) mass is 286 g/mol. The van der Waals surface area contributed by atoms with Gasteiger partial charge in [-0.15, -0.1) is 0 Å². The first kappa shape index (κ1) is 14.8. The molecule has 6 nitrogen and oxygen atoms in total. The summed E-state index contributed by atoms with van der Waals surface area (Å²) in [5, 5.41) is 2.80. The van der Waals surface area contributed by atoms with Gasteiger partial charge in [0.25, 0.3) is 5.91 Å². The second-order valence-corrected chi connectivity index (χ2v) is 4.46. The van der Waals surface area contributed by atoms with Crippen molar-refractivity contribution in [1.29, 1.82) is 0 Å². The Morgan fingerprint density at radius 3 is 2.86 bits per heavy atom. The highest BCUT2D eigenvalue weighted by Crippen LogP contribution is 2.22. The number of benzene rings is 1. The molecule has 0 aliphatic carbocycles. The van der Waals surface area contributed by atoms with Gasteiger partial charge in [0, 0.05) is 11.8 Å². The van der Waals surface area contributed by atoms with E-state index in [2.05, 4.69) is 15.3 Å². The lowest BCUT2D eigenvalue weighted by molar-refractivity contribution is 0.0950. The van der Waals surface area contributed by atoms with Crippen LogP contribution in [0.4, 0.5) is 5.69 Å². The smallest absolute Gasteiger partial charge is 0.251 e. The van der Waals surface area contributed by atoms with E-state index in [0.29, 0.717) is 36.0 Å². The van der Waals surface area contributed by atoms with Gasteiger partial charge in [-0.3, -0.25) is 4.79 Å². The van der Waals surface area contributed by atoms with Gasteiger partial charge in [-0.25, -0.2) is 9.97 Å². The summed E-state index contributed by atoms with van der Waals surface area (Å²) in [6.45, 7) is 4.56. The van der Waals surface area contributed by atoms with E-state index >= 15 is 0 Å². The zero-order valence-electron chi connectivity index (χ0n) is 12.1. The lowest BCUT2D eigenvalue weighted by Gasteiger charge is -2.09. The molecule has 0 bridgehead atoms. The molecule has 1 amide bonds. The molecule has 21 heavy (non-hydrogen) atoms. The summed E-state index contributed by atoms with van der Waals surface area (Å²) < 4.78 is 5.34. The molecule has 0 aliphatic rings. The molecular formula is C15H18N4O2. The molecule has 0 radical (unpaired) electrons. The fourth-order valence-electron chi connectivity index (χ4n) is 1.85. The molecule has 1 aromatic carbocycles. The summed E-state index contributed by atoms with van der Waals surface area (Å²) in [5.74, 6) is 1.05. The molecule has 110 valence electrons. The van der Waals surface area contributed by atoms with E-state index in [0.717, 1.165) is 5.69 Å². The Bertz CT molecular complexity index is 643. The van der Waals surface area contributed by atoms with E-state index in [9.17, 15) is 4.79 Å². The maximum atomic E-state index is 12.1. The Balaban J connectivity index is 2.02. The number of aryl methyl sites for hydroxylation is 1. The first-order valence-electron chi connectivity index (χ1n) is 6.69. The van der Waals surface area contributed by atoms with Crippen LogP contribution in [0.2, 0.25) is 0 Å². The summed E-state index contributed by atoms with van der Waals surface area (Å²) in [7, 11) is 0. The van der Waals surface area contributed by atoms with Gasteiger partial charge in [-0.05, 0) is 38.1 Å². The summed E-state index contributed by atoms with van der Waals surface area (Å²) in [6.07, 6.45) is 1.67. The van der Waals surface area contributed by atoms with E-state index in [-0.39, 0.29) is 5.91 Å². The van der Waals surface area contributed by atoms with Crippen molar-refractivity contribution in [3.63, 3.8) is 0 Å². The van der Waals surface area contributed by atoms with Crippen molar-refractivity contribution in [3.8, 4) is 5.75 Å². The fourth-order valence-corrected chi connectivity index (χ4v) is 1.85. The Kier molecular flexibility index (Phi) is 4.71. The third-order valence-corrected chi connectivity index (χ3v) is 2.84. The molecule has 0 aliphatic heterocycles. The number of aromatic nitrogens is 2. The number of rotatable bonds is 5. The number of hydrogen-bond acceptors (Lipinski definition) is 5. The van der Waals surface area contributed by atoms with Crippen LogP contribution in [0.5, 0.6) is 5.75 Å². The summed E-state index contributed by atoms with van der Waals surface area (Å²) >= 11 is 0. The molecule has 0 fully saturated rings. The predicted octanol–water partition coefficient (Wildman–Crippen LogP) is 1.70. The van der Waals surface area contributed by atoms with Crippen molar-refractivity contribution in [2.45, 2.75) is 20.4 Å². The normalized spacial score (nSPS) is 10.2. The van der Waals surface area contributed by atoms with E-state index in [1.54, 1.807) is 37.4 Å². The van der Waals surface area contributed by atoms with Gasteiger partial charge in [0.2, 0.25) is 0 Å². The molecule has 0 spiro atoms. The lowest BCUT2D eigenvalue weighted by atomic mass is 10.1. The minimum Gasteiger partial charge on any atom is -0.492 e. The molecule has 2 rings (SSSR count). The zero-order chi connectivity index (χ0) is 15.2. The molecule has 1 aromatic heterocycles. The Morgan fingerprint density at radius 2 is 2.19 bits per heavy atom. The number of nitrogen functional groups attached to an aromatic ring is 1. The van der Waals surface area contributed by atoms with Crippen molar-refractivity contribution in [3.05, 3.63) is 47.5 Å². The molecule has 0 saturated carbocycles. The van der Waals surface area contributed by atoms with E-state index in [1.807, 2.05) is 6.92 Å². The number of hydrogen-bond donors (Lipinski definition) is 2. The van der Waals surface area contributed by atoms with Crippen molar-refractivity contribution in [2.24, 2.45) is 0 Å². The number of carbonyl (C=O) groups is 1. The van der Waals surface area contributed by atoms with Crippen LogP contribution in [0.15, 0.2) is 30.5 Å². The number of nitrogens with zero attached hydrogens (tertiary/aromatic N) is 2. The third-order valence-electron chi connectivity index (χ3n) is 2.84. The predicted molar refractivity (Wildman–Crippen MR) is 80.0 cm³/mol. The number of ether oxygens (including phenoxy) is 1. The topological polar surface area (TPSA) is 90.1 Å². The van der Waals surface area contributed by atoms with Crippen molar-refractivity contribution in [1.82, 2.24) is 15.3 Å². The first-order chi connectivity index (χ1) is 10.1. The zero-order valence-corrected chi connectivity index (χ0v) is 12.1. The number of nitrogens with two attached hydrogens (primary N) is 1. The van der Waals surface area contributed by atoms with Crippen LogP contribution in [0.3, 0.4) is 0 Å². The van der Waals surface area contributed by atoms with Crippen molar-refractivity contribution < 1.29 is 9.53 Å². The quantitative estimate of drug-likeness (QED) is 0.816. The van der Waals surface area contributed by atoms with E-state index in [1.165, 1.54) is 0 Å². The van der Waals surface area contributed by atoms with Gasteiger partial charge in [0.15, 0.2) is 0 Å². The van der Waals surface area contributed by atoms with Gasteiger partial charge in [0.1, 0.15) is 11.6 Å². The largest absolute Gasteiger partial charge is 0.492 e. The molecule has 1 heterocycles. The van der Waals surface area contributed by atoms with Crippen LogP contribution in [-0.4, -0.2) is 22.5 Å². The van der Waals surface area contributed by atoms with Gasteiger partial charge in [0.05, 0.1) is 24.5 Å². The minimum absolute atomic E-state index is 0.207. The van der Waals surface area contributed by atoms with Crippen LogP contribution in [0.25, 0.3) is 0 Å². The first-order valence-corrected chi connectivity index (χ1v) is 6.69. The Morgan fingerprint density at radius 1 is 1.38 bits per heavy atom. The highest BCUT2D eigenvalue weighted by Gasteiger charge is 2.09. The minimum atomic E-state index is -0.207. The van der Waals surface area contributed by atoms with Gasteiger partial charge >= 0.3 is 0 Å². The molecule has 0 saturated heterocycles. The fraction of sp³-hybridized carbons (Fsp3) is 0.267. The lowest BCUT2D eigenvalue weighted by Crippen LogP contribution is -2.23. The van der Waals surface area contributed by atoms with Crippen LogP contribution in [0.1, 0.15) is 28.8 Å². The van der Waals surface area contributed by atoms with Crippen molar-refractivity contribution in [2.75, 3.05) is 12.3 Å². The molecule has 0 unspecified atom stereocenters. The van der Waals surface area contributed by atoms with Crippen LogP contribution in [-0.2, 0) is 6.54 Å². The molecule has 0 atom stereocenters. The van der Waals surface area contributed by atoms with Crippen LogP contribution >= 0.6 is 0 Å². The van der Waals surface area contributed by atoms with Gasteiger partial charge < -0.3 is 15.8 Å². The maximum absolute atomic E-state index is 12.1. The average Bonchev–Trinajstić information content (AvgIpc) is 2.47. The Labute approximate surface area is 123 Å². The molecule has 3 N–H and O–H groups in total. The van der Waals surface area contributed by atoms with Gasteiger partial charge in [-0.2, -0.15) is 0 Å². The molecular weight excluding hydrogens is 268 g/mol. The van der Waals surface area contributed by atoms with Crippen LogP contribution < -0.4 is 15.8 Å². The molecule has 6 heteroatoms. The number of carbonyl (C=O) groups excluding carboxylic acids is 1. The maximum Gasteiger partial charge on any atom is 0.251 e. The highest BCUT2D eigenvalue weighted by atomic mass is 16.5. The molecule has 2 aromatic rings. The number of nitrogens with one attached hydrogen (secondary N) is 1. The summed E-state index contributed by atoms with van der Waals surface area (Å²) in [5.41, 5.74) is 7.54. The van der Waals surface area contributed by atoms with E-state index in [4.69, 9.17) is 10.5 Å². The highest BCUT2D eigenvalue weighted by molar-refractivity contribution is 5.95. The van der Waals surface area contributed by atoms with Crippen LogP contribution in [0, 0.1) is 6.92 Å². The third kappa shape index (κ3) is 3.92. The van der Waals surface area contributed by atoms with Crippen molar-refractivity contribution >= 4 is 11.6 Å². The van der Waals surface area contributed by atoms with E-state index < -0.39 is 0 Å². The standard InChI is InChI=1S/C15H18N4O2/c1-3-21-14-5-4-11(8-13(14)16)15(20)18-9-12-6-7-17-10(2)19-12/h4-8H,3,9,16H2,1-2H3,(H,18,20).